The molecule has 0 heterocycles. The number of aliphatic hydroxyl groups excluding tert-OH is 1. The highest BCUT2D eigenvalue weighted by molar-refractivity contribution is 5.35. The first kappa shape index (κ1) is 16.2. The minimum atomic E-state index is -0.583. The lowest BCUT2D eigenvalue weighted by atomic mass is 9.98. The second-order valence-corrected chi connectivity index (χ2v) is 5.67. The minimum Gasteiger partial charge on any atom is -0.387 e. The normalized spacial score (nSPS) is 13.4. The second-order valence-electron chi connectivity index (χ2n) is 5.67. The van der Waals surface area contributed by atoms with Crippen LogP contribution in [0.1, 0.15) is 46.9 Å². The smallest absolute Gasteiger partial charge is 0.0991 e. The van der Waals surface area contributed by atoms with Crippen LogP contribution in [-0.4, -0.2) is 11.7 Å². The highest BCUT2D eigenvalue weighted by atomic mass is 16.3. The molecule has 3 nitrogen and oxygen atoms in total. The first-order chi connectivity index (χ1) is 10.5. The van der Waals surface area contributed by atoms with Gasteiger partial charge in [0.05, 0.1) is 17.7 Å². The molecule has 2 atom stereocenters. The third kappa shape index (κ3) is 3.73. The van der Waals surface area contributed by atoms with Gasteiger partial charge in [0.1, 0.15) is 0 Å². The summed E-state index contributed by atoms with van der Waals surface area (Å²) >= 11 is 0. The van der Waals surface area contributed by atoms with Crippen LogP contribution >= 0.6 is 0 Å². The lowest BCUT2D eigenvalue weighted by Crippen LogP contribution is -2.25. The highest BCUT2D eigenvalue weighted by Crippen LogP contribution is 2.21. The number of nitriles is 1. The molecule has 22 heavy (non-hydrogen) atoms. The number of rotatable bonds is 5. The highest BCUT2D eigenvalue weighted by Gasteiger charge is 2.12. The van der Waals surface area contributed by atoms with Gasteiger partial charge in [-0.05, 0) is 55.2 Å². The lowest BCUT2D eigenvalue weighted by molar-refractivity contribution is 0.170. The zero-order valence-electron chi connectivity index (χ0n) is 13.3. The third-order valence-corrected chi connectivity index (χ3v) is 4.15. The first-order valence-corrected chi connectivity index (χ1v) is 7.50. The van der Waals surface area contributed by atoms with Crippen LogP contribution < -0.4 is 5.32 Å². The fourth-order valence-corrected chi connectivity index (χ4v) is 2.54. The van der Waals surface area contributed by atoms with E-state index in [2.05, 4.69) is 50.4 Å². The van der Waals surface area contributed by atoms with Crippen LogP contribution in [0.15, 0.2) is 42.5 Å². The van der Waals surface area contributed by atoms with Crippen molar-refractivity contribution in [2.75, 3.05) is 6.54 Å². The zero-order valence-corrected chi connectivity index (χ0v) is 13.3. The summed E-state index contributed by atoms with van der Waals surface area (Å²) < 4.78 is 0. The summed E-state index contributed by atoms with van der Waals surface area (Å²) in [4.78, 5) is 0. The standard InChI is InChI=1S/C19H22N2O/c1-13-5-4-6-18(14(13)2)15(3)21-12-19(22)17-9-7-16(11-20)8-10-17/h4-10,15,19,21-22H,12H2,1-3H3. The Morgan fingerprint density at radius 3 is 2.45 bits per heavy atom. The van der Waals surface area contributed by atoms with Crippen molar-refractivity contribution >= 4 is 0 Å². The summed E-state index contributed by atoms with van der Waals surface area (Å²) in [5.74, 6) is 0. The molecule has 2 rings (SSSR count). The summed E-state index contributed by atoms with van der Waals surface area (Å²) in [6, 6.07) is 15.6. The summed E-state index contributed by atoms with van der Waals surface area (Å²) in [6.45, 7) is 6.81. The monoisotopic (exact) mass is 294 g/mol. The Morgan fingerprint density at radius 1 is 1.14 bits per heavy atom. The van der Waals surface area contributed by atoms with Crippen LogP contribution in [0.25, 0.3) is 0 Å². The van der Waals surface area contributed by atoms with Crippen LogP contribution in [0.2, 0.25) is 0 Å². The van der Waals surface area contributed by atoms with Crippen molar-refractivity contribution in [3.63, 3.8) is 0 Å². The molecule has 0 aliphatic heterocycles. The summed E-state index contributed by atoms with van der Waals surface area (Å²) in [6.07, 6.45) is -0.583. The molecule has 0 saturated carbocycles. The molecular formula is C19H22N2O. The van der Waals surface area contributed by atoms with Crippen molar-refractivity contribution < 1.29 is 5.11 Å². The van der Waals surface area contributed by atoms with Gasteiger partial charge in [0.2, 0.25) is 0 Å². The molecule has 0 spiro atoms. The number of nitrogens with one attached hydrogen (secondary N) is 1. The van der Waals surface area contributed by atoms with E-state index in [1.54, 1.807) is 24.3 Å². The van der Waals surface area contributed by atoms with E-state index >= 15 is 0 Å². The molecule has 0 amide bonds. The van der Waals surface area contributed by atoms with Crippen molar-refractivity contribution in [3.05, 3.63) is 70.3 Å². The number of benzene rings is 2. The number of aliphatic hydroxyl groups is 1. The van der Waals surface area contributed by atoms with Crippen LogP contribution in [0, 0.1) is 25.2 Å². The number of aryl methyl sites for hydroxylation is 1. The van der Waals surface area contributed by atoms with E-state index in [0.717, 1.165) is 5.56 Å². The lowest BCUT2D eigenvalue weighted by Gasteiger charge is -2.20. The molecule has 0 aliphatic rings. The van der Waals surface area contributed by atoms with Crippen molar-refractivity contribution in [1.29, 1.82) is 5.26 Å². The maximum Gasteiger partial charge on any atom is 0.0991 e. The second kappa shape index (κ2) is 7.22. The maximum atomic E-state index is 10.3. The Morgan fingerprint density at radius 2 is 1.82 bits per heavy atom. The summed E-state index contributed by atoms with van der Waals surface area (Å²) in [5.41, 5.74) is 5.24. The van der Waals surface area contributed by atoms with E-state index in [1.807, 2.05) is 0 Å². The van der Waals surface area contributed by atoms with Crippen molar-refractivity contribution in [2.45, 2.75) is 32.9 Å². The fraction of sp³-hybridized carbons (Fsp3) is 0.316. The van der Waals surface area contributed by atoms with Crippen molar-refractivity contribution in [1.82, 2.24) is 5.32 Å². The van der Waals surface area contributed by atoms with E-state index in [0.29, 0.717) is 12.1 Å². The van der Waals surface area contributed by atoms with Crippen molar-refractivity contribution in [2.24, 2.45) is 0 Å². The Labute approximate surface area is 132 Å². The van der Waals surface area contributed by atoms with Crippen LogP contribution in [0.5, 0.6) is 0 Å². The molecule has 114 valence electrons. The molecule has 0 aliphatic carbocycles. The van der Waals surface area contributed by atoms with E-state index in [4.69, 9.17) is 5.26 Å². The van der Waals surface area contributed by atoms with Gasteiger partial charge in [-0.2, -0.15) is 5.26 Å². The Bertz CT molecular complexity index is 671. The average Bonchev–Trinajstić information content (AvgIpc) is 2.55. The van der Waals surface area contributed by atoms with Gasteiger partial charge in [0.15, 0.2) is 0 Å². The Kier molecular flexibility index (Phi) is 5.32. The molecule has 2 unspecified atom stereocenters. The molecule has 2 aromatic carbocycles. The van der Waals surface area contributed by atoms with Gasteiger partial charge in [-0.25, -0.2) is 0 Å². The average molecular weight is 294 g/mol. The third-order valence-electron chi connectivity index (χ3n) is 4.15. The molecule has 3 heteroatoms. The largest absolute Gasteiger partial charge is 0.387 e. The van der Waals surface area contributed by atoms with Crippen LogP contribution in [0.3, 0.4) is 0 Å². The molecule has 2 aromatic rings. The molecule has 0 fully saturated rings. The fourth-order valence-electron chi connectivity index (χ4n) is 2.54. The van der Waals surface area contributed by atoms with Gasteiger partial charge in [0.25, 0.3) is 0 Å². The van der Waals surface area contributed by atoms with Crippen LogP contribution in [-0.2, 0) is 0 Å². The number of hydrogen-bond donors (Lipinski definition) is 2. The van der Waals surface area contributed by atoms with Gasteiger partial charge in [0, 0.05) is 12.6 Å². The predicted octanol–water partition coefficient (Wildman–Crippen LogP) is 3.56. The maximum absolute atomic E-state index is 10.3. The topological polar surface area (TPSA) is 56.0 Å². The first-order valence-electron chi connectivity index (χ1n) is 7.50. The predicted molar refractivity (Wildman–Crippen MR) is 88.5 cm³/mol. The van der Waals surface area contributed by atoms with E-state index in [-0.39, 0.29) is 6.04 Å². The molecule has 0 saturated heterocycles. The van der Waals surface area contributed by atoms with Gasteiger partial charge in [-0.1, -0.05) is 30.3 Å². The SMILES string of the molecule is Cc1cccc(C(C)NCC(O)c2ccc(C#N)cc2)c1C. The van der Waals surface area contributed by atoms with Crippen molar-refractivity contribution in [3.8, 4) is 6.07 Å². The molecular weight excluding hydrogens is 272 g/mol. The van der Waals surface area contributed by atoms with Gasteiger partial charge < -0.3 is 10.4 Å². The summed E-state index contributed by atoms with van der Waals surface area (Å²) in [7, 11) is 0. The van der Waals surface area contributed by atoms with E-state index in [9.17, 15) is 5.11 Å². The van der Waals surface area contributed by atoms with Gasteiger partial charge in [-0.3, -0.25) is 0 Å². The minimum absolute atomic E-state index is 0.174. The summed E-state index contributed by atoms with van der Waals surface area (Å²) in [5, 5.41) is 22.4. The van der Waals surface area contributed by atoms with Crippen LogP contribution in [0.4, 0.5) is 0 Å². The molecule has 0 radical (unpaired) electrons. The van der Waals surface area contributed by atoms with E-state index in [1.165, 1.54) is 16.7 Å². The molecule has 0 bridgehead atoms. The molecule has 2 N–H and O–H groups in total. The Hall–Kier alpha value is -2.15. The zero-order chi connectivity index (χ0) is 16.1. The Balaban J connectivity index is 1.99. The van der Waals surface area contributed by atoms with Gasteiger partial charge >= 0.3 is 0 Å². The quantitative estimate of drug-likeness (QED) is 0.886. The van der Waals surface area contributed by atoms with E-state index < -0.39 is 6.10 Å². The number of hydrogen-bond acceptors (Lipinski definition) is 3. The molecule has 0 aromatic heterocycles. The van der Waals surface area contributed by atoms with Gasteiger partial charge in [-0.15, -0.1) is 0 Å². The number of nitrogens with zero attached hydrogens (tertiary/aromatic N) is 1.